The SMILES string of the molecule is C[C@H]1CN2C[C@@H](N)C[C@H]2CO1.Cl.Cl. The number of rotatable bonds is 0. The second kappa shape index (κ2) is 5.37. The monoisotopic (exact) mass is 228 g/mol. The third kappa shape index (κ3) is 2.96. The smallest absolute Gasteiger partial charge is 0.0674 e. The van der Waals surface area contributed by atoms with Crippen molar-refractivity contribution in [1.82, 2.24) is 4.90 Å². The van der Waals surface area contributed by atoms with Crippen LogP contribution < -0.4 is 5.73 Å². The molecule has 2 aliphatic heterocycles. The molecule has 0 aromatic rings. The molecule has 13 heavy (non-hydrogen) atoms. The minimum Gasteiger partial charge on any atom is -0.376 e. The number of fused-ring (bicyclic) bond motifs is 1. The van der Waals surface area contributed by atoms with E-state index in [4.69, 9.17) is 10.5 Å². The highest BCUT2D eigenvalue weighted by Gasteiger charge is 2.34. The lowest BCUT2D eigenvalue weighted by atomic mass is 10.2. The third-order valence-corrected chi connectivity index (χ3v) is 2.62. The van der Waals surface area contributed by atoms with Crippen LogP contribution in [-0.2, 0) is 4.74 Å². The first kappa shape index (κ1) is 13.5. The predicted molar refractivity (Wildman–Crippen MR) is 57.9 cm³/mol. The Labute approximate surface area is 91.8 Å². The zero-order valence-corrected chi connectivity index (χ0v) is 9.44. The maximum absolute atomic E-state index is 5.84. The van der Waals surface area contributed by atoms with Crippen LogP contribution in [0.5, 0.6) is 0 Å². The van der Waals surface area contributed by atoms with Crippen molar-refractivity contribution in [3.05, 3.63) is 0 Å². The summed E-state index contributed by atoms with van der Waals surface area (Å²) in [5, 5.41) is 0. The van der Waals surface area contributed by atoms with Gasteiger partial charge in [-0.15, -0.1) is 24.8 Å². The Morgan fingerprint density at radius 3 is 2.69 bits per heavy atom. The molecule has 0 spiro atoms. The van der Waals surface area contributed by atoms with Crippen LogP contribution in [0.3, 0.4) is 0 Å². The molecule has 0 unspecified atom stereocenters. The Morgan fingerprint density at radius 2 is 2.00 bits per heavy atom. The molecule has 0 saturated carbocycles. The number of hydrogen-bond donors (Lipinski definition) is 1. The number of morpholine rings is 1. The van der Waals surface area contributed by atoms with Crippen LogP contribution in [0.15, 0.2) is 0 Å². The summed E-state index contributed by atoms with van der Waals surface area (Å²) in [5.74, 6) is 0. The third-order valence-electron chi connectivity index (χ3n) is 2.62. The average Bonchev–Trinajstić information content (AvgIpc) is 2.27. The highest BCUT2D eigenvalue weighted by molar-refractivity contribution is 5.85. The van der Waals surface area contributed by atoms with E-state index in [9.17, 15) is 0 Å². The first-order chi connectivity index (χ1) is 5.25. The summed E-state index contributed by atoms with van der Waals surface area (Å²) in [6, 6.07) is 0.995. The Morgan fingerprint density at radius 1 is 1.31 bits per heavy atom. The summed E-state index contributed by atoms with van der Waals surface area (Å²) in [7, 11) is 0. The number of nitrogens with two attached hydrogens (primary N) is 1. The molecule has 0 aromatic carbocycles. The van der Waals surface area contributed by atoms with Gasteiger partial charge in [-0.2, -0.15) is 0 Å². The Bertz CT molecular complexity index is 159. The fraction of sp³-hybridized carbons (Fsp3) is 1.00. The molecule has 2 rings (SSSR count). The van der Waals surface area contributed by atoms with E-state index >= 15 is 0 Å². The van der Waals surface area contributed by atoms with E-state index in [0.717, 1.165) is 26.1 Å². The zero-order chi connectivity index (χ0) is 7.84. The highest BCUT2D eigenvalue weighted by Crippen LogP contribution is 2.21. The summed E-state index contributed by atoms with van der Waals surface area (Å²) in [5.41, 5.74) is 5.84. The Hall–Kier alpha value is 0.460. The fourth-order valence-electron chi connectivity index (χ4n) is 2.08. The molecule has 2 N–H and O–H groups in total. The van der Waals surface area contributed by atoms with E-state index in [-0.39, 0.29) is 24.8 Å². The average molecular weight is 229 g/mol. The van der Waals surface area contributed by atoms with E-state index in [2.05, 4.69) is 11.8 Å². The minimum atomic E-state index is 0. The topological polar surface area (TPSA) is 38.5 Å². The number of hydrogen-bond acceptors (Lipinski definition) is 3. The molecule has 0 bridgehead atoms. The number of nitrogens with zero attached hydrogens (tertiary/aromatic N) is 1. The molecule has 2 heterocycles. The van der Waals surface area contributed by atoms with Crippen LogP contribution in [-0.4, -0.2) is 42.8 Å². The van der Waals surface area contributed by atoms with E-state index in [0.29, 0.717) is 18.2 Å². The lowest BCUT2D eigenvalue weighted by molar-refractivity contribution is -0.0390. The van der Waals surface area contributed by atoms with Crippen LogP contribution in [0.1, 0.15) is 13.3 Å². The maximum atomic E-state index is 5.84. The summed E-state index contributed by atoms with van der Waals surface area (Å²) in [4.78, 5) is 2.46. The molecule has 3 atom stereocenters. The van der Waals surface area contributed by atoms with Crippen LogP contribution in [0, 0.1) is 0 Å². The molecular weight excluding hydrogens is 211 g/mol. The molecule has 3 nitrogen and oxygen atoms in total. The van der Waals surface area contributed by atoms with E-state index in [1.165, 1.54) is 0 Å². The van der Waals surface area contributed by atoms with Crippen molar-refractivity contribution in [2.45, 2.75) is 31.5 Å². The van der Waals surface area contributed by atoms with Crippen molar-refractivity contribution >= 4 is 24.8 Å². The maximum Gasteiger partial charge on any atom is 0.0674 e. The summed E-state index contributed by atoms with van der Waals surface area (Å²) in [6.45, 7) is 5.14. The van der Waals surface area contributed by atoms with Crippen molar-refractivity contribution < 1.29 is 4.74 Å². The minimum absolute atomic E-state index is 0. The first-order valence-electron chi connectivity index (χ1n) is 4.37. The van der Waals surface area contributed by atoms with Crippen LogP contribution in [0.2, 0.25) is 0 Å². The van der Waals surface area contributed by atoms with Crippen molar-refractivity contribution in [3.8, 4) is 0 Å². The molecule has 80 valence electrons. The molecule has 0 radical (unpaired) electrons. The van der Waals surface area contributed by atoms with Gasteiger partial charge in [0.2, 0.25) is 0 Å². The molecule has 0 aromatic heterocycles. The predicted octanol–water partition coefficient (Wildman–Crippen LogP) is 0.650. The number of ether oxygens (including phenoxy) is 1. The lowest BCUT2D eigenvalue weighted by Gasteiger charge is -2.33. The van der Waals surface area contributed by atoms with Crippen LogP contribution in [0.25, 0.3) is 0 Å². The summed E-state index contributed by atoms with van der Waals surface area (Å²) in [6.07, 6.45) is 1.52. The summed E-state index contributed by atoms with van der Waals surface area (Å²) >= 11 is 0. The van der Waals surface area contributed by atoms with Gasteiger partial charge in [-0.25, -0.2) is 0 Å². The van der Waals surface area contributed by atoms with Gasteiger partial charge in [-0.05, 0) is 13.3 Å². The van der Waals surface area contributed by atoms with E-state index in [1.807, 2.05) is 0 Å². The molecule has 0 aliphatic carbocycles. The van der Waals surface area contributed by atoms with Crippen molar-refractivity contribution in [2.24, 2.45) is 5.73 Å². The quantitative estimate of drug-likeness (QED) is 0.662. The first-order valence-corrected chi connectivity index (χ1v) is 4.37. The lowest BCUT2D eigenvalue weighted by Crippen LogP contribution is -2.45. The van der Waals surface area contributed by atoms with E-state index < -0.39 is 0 Å². The van der Waals surface area contributed by atoms with Crippen LogP contribution in [0.4, 0.5) is 0 Å². The molecule has 5 heteroatoms. The zero-order valence-electron chi connectivity index (χ0n) is 7.81. The van der Waals surface area contributed by atoms with Gasteiger partial charge < -0.3 is 10.5 Å². The molecule has 2 fully saturated rings. The van der Waals surface area contributed by atoms with Crippen molar-refractivity contribution in [1.29, 1.82) is 0 Å². The van der Waals surface area contributed by atoms with Gasteiger partial charge in [0.1, 0.15) is 0 Å². The molecule has 2 saturated heterocycles. The molecular formula is C8H18Cl2N2O. The van der Waals surface area contributed by atoms with Gasteiger partial charge in [-0.1, -0.05) is 0 Å². The van der Waals surface area contributed by atoms with Crippen LogP contribution >= 0.6 is 24.8 Å². The highest BCUT2D eigenvalue weighted by atomic mass is 35.5. The van der Waals surface area contributed by atoms with Crippen molar-refractivity contribution in [2.75, 3.05) is 19.7 Å². The Kier molecular flexibility index (Phi) is 5.56. The van der Waals surface area contributed by atoms with E-state index in [1.54, 1.807) is 0 Å². The van der Waals surface area contributed by atoms with Gasteiger partial charge in [0.25, 0.3) is 0 Å². The normalized spacial score (nSPS) is 38.8. The van der Waals surface area contributed by atoms with Gasteiger partial charge >= 0.3 is 0 Å². The van der Waals surface area contributed by atoms with Gasteiger partial charge in [0.15, 0.2) is 0 Å². The van der Waals surface area contributed by atoms with Gasteiger partial charge in [-0.3, -0.25) is 4.90 Å². The van der Waals surface area contributed by atoms with Crippen molar-refractivity contribution in [3.63, 3.8) is 0 Å². The molecule has 2 aliphatic rings. The second-order valence-electron chi connectivity index (χ2n) is 3.75. The standard InChI is InChI=1S/C8H16N2O.2ClH/c1-6-3-10-4-7(9)2-8(10)5-11-6;;/h6-8H,2-5,9H2,1H3;2*1H/t6-,7-,8-;;/m0../s1. The van der Waals surface area contributed by atoms with Gasteiger partial charge in [0, 0.05) is 25.2 Å². The summed E-state index contributed by atoms with van der Waals surface area (Å²) < 4.78 is 5.54. The number of halogens is 2. The fourth-order valence-corrected chi connectivity index (χ4v) is 2.08. The Balaban J connectivity index is 0.000000720. The second-order valence-corrected chi connectivity index (χ2v) is 3.75. The largest absolute Gasteiger partial charge is 0.376 e. The van der Waals surface area contributed by atoms with Gasteiger partial charge in [0.05, 0.1) is 12.7 Å². The molecule has 0 amide bonds.